The van der Waals surface area contributed by atoms with E-state index in [2.05, 4.69) is 12.6 Å². The Morgan fingerprint density at radius 2 is 1.62 bits per heavy atom. The lowest BCUT2D eigenvalue weighted by molar-refractivity contribution is 1.34. The van der Waals surface area contributed by atoms with Crippen LogP contribution in [0.1, 0.15) is 0 Å². The van der Waals surface area contributed by atoms with Gasteiger partial charge in [0.05, 0.1) is 5.02 Å². The molecule has 0 heterocycles. The van der Waals surface area contributed by atoms with Crippen LogP contribution in [0, 0.1) is 0 Å². The van der Waals surface area contributed by atoms with Crippen LogP contribution in [-0.4, -0.2) is 0 Å². The monoisotopic (exact) mass is 286 g/mol. The van der Waals surface area contributed by atoms with Crippen LogP contribution < -0.4 is 0 Å². The molecule has 0 unspecified atom stereocenters. The number of benzene rings is 2. The summed E-state index contributed by atoms with van der Waals surface area (Å²) in [6.07, 6.45) is 0. The van der Waals surface area contributed by atoms with Gasteiger partial charge < -0.3 is 0 Å². The molecule has 0 saturated heterocycles. The van der Waals surface area contributed by atoms with Crippen LogP contribution in [0.2, 0.25) is 10.0 Å². The molecule has 0 amide bonds. The molecule has 0 aliphatic carbocycles. The second-order valence-electron chi connectivity index (χ2n) is 3.17. The Kier molecular flexibility index (Phi) is 4.09. The van der Waals surface area contributed by atoms with Gasteiger partial charge in [0.1, 0.15) is 0 Å². The summed E-state index contributed by atoms with van der Waals surface area (Å²) in [5, 5.41) is 1.40. The lowest BCUT2D eigenvalue weighted by Gasteiger charge is -2.04. The van der Waals surface area contributed by atoms with Crippen LogP contribution >= 0.6 is 47.6 Å². The Morgan fingerprint density at radius 1 is 0.938 bits per heavy atom. The lowest BCUT2D eigenvalue weighted by Crippen LogP contribution is -1.76. The van der Waals surface area contributed by atoms with E-state index in [0.29, 0.717) is 10.0 Å². The zero-order valence-corrected chi connectivity index (χ0v) is 11.4. The van der Waals surface area contributed by atoms with Crippen molar-refractivity contribution in [3.63, 3.8) is 0 Å². The van der Waals surface area contributed by atoms with E-state index in [0.717, 1.165) is 14.7 Å². The van der Waals surface area contributed by atoms with Crippen LogP contribution in [0.15, 0.2) is 57.2 Å². The topological polar surface area (TPSA) is 0 Å². The van der Waals surface area contributed by atoms with E-state index in [-0.39, 0.29) is 0 Å². The number of thiol groups is 1. The van der Waals surface area contributed by atoms with Gasteiger partial charge in [-0.3, -0.25) is 0 Å². The zero-order valence-electron chi connectivity index (χ0n) is 8.15. The summed E-state index contributed by atoms with van der Waals surface area (Å²) in [6, 6.07) is 13.4. The highest BCUT2D eigenvalue weighted by Crippen LogP contribution is 2.35. The van der Waals surface area contributed by atoms with Crippen LogP contribution in [0.25, 0.3) is 0 Å². The Labute approximate surface area is 114 Å². The molecule has 0 spiro atoms. The number of hydrogen-bond donors (Lipinski definition) is 1. The van der Waals surface area contributed by atoms with Gasteiger partial charge in [-0.1, -0.05) is 35.0 Å². The molecule has 0 aliphatic heterocycles. The summed E-state index contributed by atoms with van der Waals surface area (Å²) in [5.41, 5.74) is 0. The molecule has 2 aromatic rings. The highest BCUT2D eigenvalue weighted by atomic mass is 35.5. The van der Waals surface area contributed by atoms with Crippen molar-refractivity contribution in [2.75, 3.05) is 0 Å². The number of rotatable bonds is 2. The third kappa shape index (κ3) is 3.11. The molecule has 0 nitrogen and oxygen atoms in total. The van der Waals surface area contributed by atoms with Gasteiger partial charge in [-0.05, 0) is 42.5 Å². The molecule has 0 atom stereocenters. The van der Waals surface area contributed by atoms with Gasteiger partial charge >= 0.3 is 0 Å². The van der Waals surface area contributed by atoms with Gasteiger partial charge in [0, 0.05) is 19.7 Å². The van der Waals surface area contributed by atoms with E-state index in [1.165, 1.54) is 0 Å². The van der Waals surface area contributed by atoms with Crippen LogP contribution in [-0.2, 0) is 0 Å². The predicted octanol–water partition coefficient (Wildman–Crippen LogP) is 5.43. The maximum atomic E-state index is 6.08. The normalized spacial score (nSPS) is 10.4. The van der Waals surface area contributed by atoms with E-state index < -0.39 is 0 Å². The van der Waals surface area contributed by atoms with Crippen LogP contribution in [0.5, 0.6) is 0 Å². The summed E-state index contributed by atoms with van der Waals surface area (Å²) in [5.74, 6) is 0. The second-order valence-corrected chi connectivity index (χ2v) is 5.65. The molecular formula is C12H8Cl2S2. The van der Waals surface area contributed by atoms with Crippen LogP contribution in [0.3, 0.4) is 0 Å². The molecule has 2 aromatic carbocycles. The largest absolute Gasteiger partial charge is 0.143 e. The van der Waals surface area contributed by atoms with Gasteiger partial charge in [0.15, 0.2) is 0 Å². The maximum Gasteiger partial charge on any atom is 0.0546 e. The summed E-state index contributed by atoms with van der Waals surface area (Å²) in [6.45, 7) is 0. The fourth-order valence-corrected chi connectivity index (χ4v) is 2.69. The Bertz CT molecular complexity index is 495. The maximum absolute atomic E-state index is 6.08. The van der Waals surface area contributed by atoms with Gasteiger partial charge in [-0.2, -0.15) is 0 Å². The van der Waals surface area contributed by atoms with Gasteiger partial charge in [-0.15, -0.1) is 12.6 Å². The van der Waals surface area contributed by atoms with Crippen molar-refractivity contribution in [1.82, 2.24) is 0 Å². The van der Waals surface area contributed by atoms with Crippen molar-refractivity contribution in [3.05, 3.63) is 52.5 Å². The van der Waals surface area contributed by atoms with E-state index in [4.69, 9.17) is 23.2 Å². The van der Waals surface area contributed by atoms with Gasteiger partial charge in [0.2, 0.25) is 0 Å². The van der Waals surface area contributed by atoms with Crippen molar-refractivity contribution in [1.29, 1.82) is 0 Å². The smallest absolute Gasteiger partial charge is 0.0546 e. The van der Waals surface area contributed by atoms with Gasteiger partial charge in [-0.25, -0.2) is 0 Å². The summed E-state index contributed by atoms with van der Waals surface area (Å²) in [4.78, 5) is 3.02. The molecular weight excluding hydrogens is 279 g/mol. The van der Waals surface area contributed by atoms with E-state index in [1.54, 1.807) is 23.9 Å². The first-order valence-electron chi connectivity index (χ1n) is 4.57. The second kappa shape index (κ2) is 5.37. The van der Waals surface area contributed by atoms with Crippen LogP contribution in [0.4, 0.5) is 0 Å². The standard InChI is InChI=1S/C12H8Cl2S2/c13-8-1-6-11(14)12(7-8)16-10-4-2-9(15)3-5-10/h1-7,15H. The Balaban J connectivity index is 2.26. The summed E-state index contributed by atoms with van der Waals surface area (Å²) < 4.78 is 0. The quantitative estimate of drug-likeness (QED) is 0.718. The molecule has 0 radical (unpaired) electrons. The minimum absolute atomic E-state index is 0.692. The number of halogens is 2. The lowest BCUT2D eigenvalue weighted by atomic mass is 10.4. The average Bonchev–Trinajstić information content (AvgIpc) is 2.27. The third-order valence-corrected chi connectivity index (χ3v) is 4.00. The minimum Gasteiger partial charge on any atom is -0.143 e. The molecule has 82 valence electrons. The molecule has 16 heavy (non-hydrogen) atoms. The summed E-state index contributed by atoms with van der Waals surface area (Å²) in [7, 11) is 0. The minimum atomic E-state index is 0.692. The Hall–Kier alpha value is -0.280. The predicted molar refractivity (Wildman–Crippen MR) is 74.3 cm³/mol. The molecule has 0 aliphatic rings. The molecule has 0 N–H and O–H groups in total. The highest BCUT2D eigenvalue weighted by Gasteiger charge is 2.03. The Morgan fingerprint density at radius 3 is 2.31 bits per heavy atom. The van der Waals surface area contributed by atoms with Crippen molar-refractivity contribution in [2.45, 2.75) is 14.7 Å². The molecule has 0 bridgehead atoms. The molecule has 4 heteroatoms. The molecule has 0 aromatic heterocycles. The van der Waals surface area contributed by atoms with E-state index in [1.807, 2.05) is 30.3 Å². The zero-order chi connectivity index (χ0) is 11.5. The highest BCUT2D eigenvalue weighted by molar-refractivity contribution is 7.99. The van der Waals surface area contributed by atoms with E-state index in [9.17, 15) is 0 Å². The first-order chi connectivity index (χ1) is 7.65. The fourth-order valence-electron chi connectivity index (χ4n) is 1.20. The van der Waals surface area contributed by atoms with Crippen molar-refractivity contribution in [2.24, 2.45) is 0 Å². The third-order valence-electron chi connectivity index (χ3n) is 1.96. The molecule has 0 saturated carbocycles. The van der Waals surface area contributed by atoms with Gasteiger partial charge in [0.25, 0.3) is 0 Å². The van der Waals surface area contributed by atoms with E-state index >= 15 is 0 Å². The fraction of sp³-hybridized carbons (Fsp3) is 0. The SMILES string of the molecule is Sc1ccc(Sc2cc(Cl)ccc2Cl)cc1. The van der Waals surface area contributed by atoms with Crippen molar-refractivity contribution >= 4 is 47.6 Å². The first kappa shape index (κ1) is 12.2. The first-order valence-corrected chi connectivity index (χ1v) is 6.59. The van der Waals surface area contributed by atoms with Crippen molar-refractivity contribution < 1.29 is 0 Å². The molecule has 0 fully saturated rings. The van der Waals surface area contributed by atoms with Crippen molar-refractivity contribution in [3.8, 4) is 0 Å². The average molecular weight is 287 g/mol. The molecule has 2 rings (SSSR count). The number of hydrogen-bond acceptors (Lipinski definition) is 2. The summed E-state index contributed by atoms with van der Waals surface area (Å²) >= 11 is 17.8.